The lowest BCUT2D eigenvalue weighted by Gasteiger charge is -1.93. The molecule has 3 nitrogen and oxygen atoms in total. The molecule has 0 spiro atoms. The Bertz CT molecular complexity index is 808. The second kappa shape index (κ2) is 2.64. The molecule has 3 heteroatoms. The first kappa shape index (κ1) is 7.93. The lowest BCUT2D eigenvalue weighted by Crippen LogP contribution is -1.71. The number of rotatable bonds is 0. The van der Waals surface area contributed by atoms with Crippen LogP contribution in [0.15, 0.2) is 42.9 Å². The van der Waals surface area contributed by atoms with Gasteiger partial charge in [0.25, 0.3) is 0 Å². The van der Waals surface area contributed by atoms with Crippen LogP contribution in [-0.4, -0.2) is 15.0 Å². The molecule has 0 aliphatic heterocycles. The van der Waals surface area contributed by atoms with E-state index in [2.05, 4.69) is 39.2 Å². The molecule has 0 saturated carbocycles. The average molecular weight is 207 g/mol. The second-order valence-corrected chi connectivity index (χ2v) is 3.98. The van der Waals surface area contributed by atoms with Crippen LogP contribution in [0.5, 0.6) is 0 Å². The maximum atomic E-state index is 4.13. The molecule has 0 fully saturated rings. The maximum absolute atomic E-state index is 4.13. The van der Waals surface area contributed by atoms with E-state index in [4.69, 9.17) is 0 Å². The number of nitrogens with one attached hydrogen (secondary N) is 2. The van der Waals surface area contributed by atoms with E-state index in [-0.39, 0.29) is 0 Å². The molecule has 0 radical (unpaired) electrons. The normalized spacial score (nSPS) is 11.8. The summed E-state index contributed by atoms with van der Waals surface area (Å²) in [7, 11) is 0. The highest BCUT2D eigenvalue weighted by Gasteiger charge is 2.07. The summed E-state index contributed by atoms with van der Waals surface area (Å²) in [4.78, 5) is 10.8. The van der Waals surface area contributed by atoms with Gasteiger partial charge >= 0.3 is 0 Å². The van der Waals surface area contributed by atoms with Crippen LogP contribution < -0.4 is 0 Å². The predicted molar refractivity (Wildman–Crippen MR) is 65.5 cm³/mol. The van der Waals surface area contributed by atoms with Gasteiger partial charge in [-0.2, -0.15) is 0 Å². The smallest absolute Gasteiger partial charge is 0.0652 e. The Morgan fingerprint density at radius 3 is 3.00 bits per heavy atom. The van der Waals surface area contributed by atoms with E-state index in [1.165, 1.54) is 21.7 Å². The van der Waals surface area contributed by atoms with Crippen LogP contribution in [0.2, 0.25) is 0 Å². The highest BCUT2D eigenvalue weighted by atomic mass is 14.8. The van der Waals surface area contributed by atoms with E-state index >= 15 is 0 Å². The van der Waals surface area contributed by atoms with Crippen molar-refractivity contribution in [2.45, 2.75) is 0 Å². The number of fused-ring (bicyclic) bond motifs is 5. The summed E-state index contributed by atoms with van der Waals surface area (Å²) in [6.45, 7) is 0. The summed E-state index contributed by atoms with van der Waals surface area (Å²) in [6, 6.07) is 8.38. The molecule has 0 atom stereocenters. The Labute approximate surface area is 91.1 Å². The van der Waals surface area contributed by atoms with Crippen LogP contribution in [0.1, 0.15) is 0 Å². The number of aromatic amines is 2. The SMILES string of the molecule is c1cc2c(cn1)[nH]c1ccc3cc[nH]c3c12. The number of aromatic nitrogens is 3. The van der Waals surface area contributed by atoms with Crippen molar-refractivity contribution in [3.63, 3.8) is 0 Å². The molecule has 0 unspecified atom stereocenters. The summed E-state index contributed by atoms with van der Waals surface area (Å²) in [6.07, 6.45) is 5.67. The van der Waals surface area contributed by atoms with Gasteiger partial charge in [0.05, 0.1) is 17.2 Å². The van der Waals surface area contributed by atoms with Gasteiger partial charge in [-0.15, -0.1) is 0 Å². The molecule has 0 saturated heterocycles. The first-order chi connectivity index (χ1) is 7.93. The van der Waals surface area contributed by atoms with Crippen LogP contribution in [0.25, 0.3) is 32.7 Å². The molecule has 0 aliphatic rings. The largest absolute Gasteiger partial charge is 0.361 e. The third-order valence-electron chi connectivity index (χ3n) is 3.09. The van der Waals surface area contributed by atoms with Gasteiger partial charge in [-0.1, -0.05) is 6.07 Å². The minimum Gasteiger partial charge on any atom is -0.361 e. The highest BCUT2D eigenvalue weighted by molar-refractivity contribution is 6.18. The first-order valence-corrected chi connectivity index (χ1v) is 5.25. The van der Waals surface area contributed by atoms with E-state index in [0.717, 1.165) is 11.0 Å². The summed E-state index contributed by atoms with van der Waals surface area (Å²) in [5.74, 6) is 0. The molecule has 4 aromatic rings. The van der Waals surface area contributed by atoms with E-state index in [0.29, 0.717) is 0 Å². The third kappa shape index (κ3) is 0.852. The average Bonchev–Trinajstić information content (AvgIpc) is 2.91. The Morgan fingerprint density at radius 1 is 1.00 bits per heavy atom. The zero-order chi connectivity index (χ0) is 10.5. The second-order valence-electron chi connectivity index (χ2n) is 3.98. The zero-order valence-electron chi connectivity index (χ0n) is 8.49. The zero-order valence-corrected chi connectivity index (χ0v) is 8.49. The van der Waals surface area contributed by atoms with Crippen molar-refractivity contribution in [1.29, 1.82) is 0 Å². The lowest BCUT2D eigenvalue weighted by molar-refractivity contribution is 1.35. The van der Waals surface area contributed by atoms with Crippen LogP contribution >= 0.6 is 0 Å². The van der Waals surface area contributed by atoms with E-state index in [9.17, 15) is 0 Å². The van der Waals surface area contributed by atoms with Gasteiger partial charge in [0.15, 0.2) is 0 Å². The van der Waals surface area contributed by atoms with Crippen LogP contribution in [0, 0.1) is 0 Å². The summed E-state index contributed by atoms with van der Waals surface area (Å²) in [5, 5.41) is 3.71. The molecule has 0 amide bonds. The number of H-pyrrole nitrogens is 2. The Kier molecular flexibility index (Phi) is 1.31. The molecular weight excluding hydrogens is 198 g/mol. The van der Waals surface area contributed by atoms with E-state index in [1.54, 1.807) is 0 Å². The van der Waals surface area contributed by atoms with Gasteiger partial charge in [0.1, 0.15) is 0 Å². The Hall–Kier alpha value is -2.29. The van der Waals surface area contributed by atoms with Crippen LogP contribution in [0.4, 0.5) is 0 Å². The van der Waals surface area contributed by atoms with Crippen molar-refractivity contribution >= 4 is 32.7 Å². The number of benzene rings is 1. The minimum atomic E-state index is 1.08. The molecule has 0 bridgehead atoms. The number of hydrogen-bond acceptors (Lipinski definition) is 1. The molecule has 4 rings (SSSR count). The fraction of sp³-hybridized carbons (Fsp3) is 0. The molecule has 0 aliphatic carbocycles. The summed E-state index contributed by atoms with van der Waals surface area (Å²) in [5.41, 5.74) is 3.42. The molecule has 3 aromatic heterocycles. The molecule has 16 heavy (non-hydrogen) atoms. The summed E-state index contributed by atoms with van der Waals surface area (Å²) < 4.78 is 0. The van der Waals surface area contributed by atoms with Gasteiger partial charge in [0.2, 0.25) is 0 Å². The van der Waals surface area contributed by atoms with Gasteiger partial charge in [-0.3, -0.25) is 4.98 Å². The minimum absolute atomic E-state index is 1.08. The Balaban J connectivity index is 2.42. The molecule has 1 aromatic carbocycles. The van der Waals surface area contributed by atoms with Crippen molar-refractivity contribution in [3.8, 4) is 0 Å². The monoisotopic (exact) mass is 207 g/mol. The molecule has 2 N–H and O–H groups in total. The van der Waals surface area contributed by atoms with Crippen molar-refractivity contribution in [1.82, 2.24) is 15.0 Å². The van der Waals surface area contributed by atoms with E-state index < -0.39 is 0 Å². The lowest BCUT2D eigenvalue weighted by atomic mass is 10.1. The fourth-order valence-electron chi connectivity index (χ4n) is 2.37. The van der Waals surface area contributed by atoms with Crippen molar-refractivity contribution in [3.05, 3.63) is 42.9 Å². The molecule has 76 valence electrons. The summed E-state index contributed by atoms with van der Waals surface area (Å²) >= 11 is 0. The van der Waals surface area contributed by atoms with Gasteiger partial charge < -0.3 is 9.97 Å². The van der Waals surface area contributed by atoms with Crippen LogP contribution in [0.3, 0.4) is 0 Å². The number of nitrogens with zero attached hydrogens (tertiary/aromatic N) is 1. The maximum Gasteiger partial charge on any atom is 0.0652 e. The topological polar surface area (TPSA) is 44.5 Å². The van der Waals surface area contributed by atoms with Crippen molar-refractivity contribution in [2.75, 3.05) is 0 Å². The van der Waals surface area contributed by atoms with E-state index in [1.807, 2.05) is 18.6 Å². The molecule has 3 heterocycles. The number of hydrogen-bond donors (Lipinski definition) is 2. The van der Waals surface area contributed by atoms with Crippen molar-refractivity contribution < 1.29 is 0 Å². The first-order valence-electron chi connectivity index (χ1n) is 5.25. The number of pyridine rings is 1. The quantitative estimate of drug-likeness (QED) is 0.457. The standard InChI is InChI=1S/C13H9N3/c1-2-10-12(13-8(1)3-6-15-13)9-4-5-14-7-11(9)16-10/h1-7,15-16H. The predicted octanol–water partition coefficient (Wildman–Crippen LogP) is 3.20. The van der Waals surface area contributed by atoms with Crippen molar-refractivity contribution in [2.24, 2.45) is 0 Å². The highest BCUT2D eigenvalue weighted by Crippen LogP contribution is 2.30. The van der Waals surface area contributed by atoms with Gasteiger partial charge in [-0.25, -0.2) is 0 Å². The van der Waals surface area contributed by atoms with Crippen LogP contribution in [-0.2, 0) is 0 Å². The van der Waals surface area contributed by atoms with Gasteiger partial charge in [0, 0.05) is 34.1 Å². The molecular formula is C13H9N3. The Morgan fingerprint density at radius 2 is 2.00 bits per heavy atom. The van der Waals surface area contributed by atoms with Gasteiger partial charge in [-0.05, 0) is 18.2 Å². The third-order valence-corrected chi connectivity index (χ3v) is 3.09. The fourth-order valence-corrected chi connectivity index (χ4v) is 2.37.